The highest BCUT2D eigenvalue weighted by atomic mass is 32.2. The number of amides is 1. The number of carbonyl (C=O) groups excluding carboxylic acids is 1. The van der Waals surface area contributed by atoms with Gasteiger partial charge in [0.2, 0.25) is 26.0 Å². The van der Waals surface area contributed by atoms with E-state index in [0.29, 0.717) is 18.7 Å². The van der Waals surface area contributed by atoms with E-state index >= 15 is 0 Å². The van der Waals surface area contributed by atoms with Crippen molar-refractivity contribution in [2.75, 3.05) is 19.6 Å². The summed E-state index contributed by atoms with van der Waals surface area (Å²) in [6, 6.07) is 20.5. The number of aryl methyl sites for hydroxylation is 2. The van der Waals surface area contributed by atoms with Crippen molar-refractivity contribution in [3.05, 3.63) is 95.1 Å². The van der Waals surface area contributed by atoms with E-state index in [1.54, 1.807) is 48.5 Å². The molecule has 3 aromatic carbocycles. The van der Waals surface area contributed by atoms with Crippen LogP contribution in [-0.4, -0.2) is 51.0 Å². The van der Waals surface area contributed by atoms with Gasteiger partial charge in [0.1, 0.15) is 0 Å². The Morgan fingerprint density at radius 2 is 1.26 bits per heavy atom. The summed E-state index contributed by atoms with van der Waals surface area (Å²) in [5.41, 5.74) is 3.48. The van der Waals surface area contributed by atoms with Gasteiger partial charge >= 0.3 is 0 Å². The van der Waals surface area contributed by atoms with E-state index in [2.05, 4.69) is 5.32 Å². The van der Waals surface area contributed by atoms with Gasteiger partial charge in [0.05, 0.1) is 16.3 Å². The van der Waals surface area contributed by atoms with Crippen molar-refractivity contribution in [1.82, 2.24) is 13.9 Å². The third-order valence-electron chi connectivity index (χ3n) is 6.57. The Morgan fingerprint density at radius 3 is 1.84 bits per heavy atom. The van der Waals surface area contributed by atoms with Crippen molar-refractivity contribution in [2.45, 2.75) is 49.6 Å². The SMILES string of the molecule is Cc1ccc(CN(CC(=O)NCc2ccc(S(=O)(=O)N3CCCC3)cc2)S(=O)(=O)c2ccc(C)cc2)cc1. The Kier molecular flexibility index (Phi) is 8.67. The molecule has 0 radical (unpaired) electrons. The van der Waals surface area contributed by atoms with E-state index in [4.69, 9.17) is 0 Å². The van der Waals surface area contributed by atoms with Crippen LogP contribution in [0.2, 0.25) is 0 Å². The van der Waals surface area contributed by atoms with Crippen LogP contribution in [0.5, 0.6) is 0 Å². The molecule has 1 saturated heterocycles. The van der Waals surface area contributed by atoms with Crippen LogP contribution in [-0.2, 0) is 37.9 Å². The summed E-state index contributed by atoms with van der Waals surface area (Å²) in [5.74, 6) is -0.457. The highest BCUT2D eigenvalue weighted by Crippen LogP contribution is 2.22. The number of nitrogens with zero attached hydrogens (tertiary/aromatic N) is 2. The number of hydrogen-bond donors (Lipinski definition) is 1. The van der Waals surface area contributed by atoms with E-state index in [-0.39, 0.29) is 29.4 Å². The topological polar surface area (TPSA) is 104 Å². The lowest BCUT2D eigenvalue weighted by Crippen LogP contribution is -2.40. The maximum atomic E-state index is 13.5. The second-order valence-corrected chi connectivity index (χ2v) is 13.5. The van der Waals surface area contributed by atoms with Crippen LogP contribution in [0.15, 0.2) is 82.6 Å². The van der Waals surface area contributed by atoms with Gasteiger partial charge in [-0.15, -0.1) is 0 Å². The van der Waals surface area contributed by atoms with Gasteiger partial charge in [-0.05, 0) is 62.1 Å². The molecule has 1 heterocycles. The molecule has 0 aromatic heterocycles. The van der Waals surface area contributed by atoms with Crippen LogP contribution in [0.3, 0.4) is 0 Å². The molecule has 0 bridgehead atoms. The molecule has 202 valence electrons. The Morgan fingerprint density at radius 1 is 0.763 bits per heavy atom. The molecular formula is C28H33N3O5S2. The fourth-order valence-electron chi connectivity index (χ4n) is 4.26. The Balaban J connectivity index is 1.45. The smallest absolute Gasteiger partial charge is 0.243 e. The minimum Gasteiger partial charge on any atom is -0.351 e. The van der Waals surface area contributed by atoms with E-state index in [1.807, 2.05) is 38.1 Å². The van der Waals surface area contributed by atoms with Gasteiger partial charge in [-0.3, -0.25) is 4.79 Å². The minimum absolute atomic E-state index is 0.0486. The fraction of sp³-hybridized carbons (Fsp3) is 0.321. The minimum atomic E-state index is -3.93. The lowest BCUT2D eigenvalue weighted by atomic mass is 10.1. The standard InChI is InChI=1S/C28H33N3O5S2/c1-22-5-9-25(10-6-22)20-31(38(35,36)26-13-7-23(2)8-14-26)21-28(32)29-19-24-11-15-27(16-12-24)37(33,34)30-17-3-4-18-30/h5-16H,3-4,17-21H2,1-2H3,(H,29,32). The number of rotatable bonds is 10. The van der Waals surface area contributed by atoms with Crippen molar-refractivity contribution in [1.29, 1.82) is 0 Å². The molecule has 1 amide bonds. The summed E-state index contributed by atoms with van der Waals surface area (Å²) in [6.07, 6.45) is 1.73. The molecule has 10 heteroatoms. The van der Waals surface area contributed by atoms with Crippen molar-refractivity contribution in [2.24, 2.45) is 0 Å². The van der Waals surface area contributed by atoms with Gasteiger partial charge in [0.25, 0.3) is 0 Å². The Labute approximate surface area is 225 Å². The molecule has 0 unspecified atom stereocenters. The first-order valence-electron chi connectivity index (χ1n) is 12.5. The number of carbonyl (C=O) groups is 1. The average Bonchev–Trinajstić information content (AvgIpc) is 3.45. The zero-order valence-electron chi connectivity index (χ0n) is 21.6. The van der Waals surface area contributed by atoms with Crippen LogP contribution < -0.4 is 5.32 Å². The van der Waals surface area contributed by atoms with Gasteiger partial charge < -0.3 is 5.32 Å². The second-order valence-electron chi connectivity index (χ2n) is 9.60. The third-order valence-corrected chi connectivity index (χ3v) is 10.3. The van der Waals surface area contributed by atoms with Crippen LogP contribution in [0.4, 0.5) is 0 Å². The van der Waals surface area contributed by atoms with Gasteiger partial charge in [0, 0.05) is 26.2 Å². The summed E-state index contributed by atoms with van der Waals surface area (Å²) in [6.45, 7) is 4.73. The first-order valence-corrected chi connectivity index (χ1v) is 15.4. The summed E-state index contributed by atoms with van der Waals surface area (Å²) in [4.78, 5) is 13.2. The molecule has 1 fully saturated rings. The monoisotopic (exact) mass is 555 g/mol. The summed E-state index contributed by atoms with van der Waals surface area (Å²) < 4.78 is 55.0. The van der Waals surface area contributed by atoms with E-state index in [0.717, 1.165) is 29.5 Å². The normalized spacial score (nSPS) is 14.6. The van der Waals surface area contributed by atoms with Crippen LogP contribution >= 0.6 is 0 Å². The van der Waals surface area contributed by atoms with Crippen molar-refractivity contribution < 1.29 is 21.6 Å². The first kappa shape index (κ1) is 28.0. The van der Waals surface area contributed by atoms with Gasteiger partial charge in [-0.2, -0.15) is 8.61 Å². The molecule has 4 rings (SSSR count). The highest BCUT2D eigenvalue weighted by molar-refractivity contribution is 7.89. The van der Waals surface area contributed by atoms with Crippen LogP contribution in [0, 0.1) is 13.8 Å². The highest BCUT2D eigenvalue weighted by Gasteiger charge is 2.28. The maximum Gasteiger partial charge on any atom is 0.243 e. The molecule has 0 aliphatic carbocycles. The third kappa shape index (κ3) is 6.68. The van der Waals surface area contributed by atoms with Gasteiger partial charge in [-0.1, -0.05) is 59.7 Å². The zero-order chi connectivity index (χ0) is 27.3. The quantitative estimate of drug-likeness (QED) is 0.412. The van der Waals surface area contributed by atoms with Crippen LogP contribution in [0.25, 0.3) is 0 Å². The van der Waals surface area contributed by atoms with E-state index < -0.39 is 26.0 Å². The summed E-state index contributed by atoms with van der Waals surface area (Å²) in [5, 5.41) is 2.77. The number of benzene rings is 3. The molecular weight excluding hydrogens is 522 g/mol. The maximum absolute atomic E-state index is 13.5. The van der Waals surface area contributed by atoms with E-state index in [9.17, 15) is 21.6 Å². The van der Waals surface area contributed by atoms with E-state index in [1.165, 1.54) is 8.61 Å². The van der Waals surface area contributed by atoms with Crippen molar-refractivity contribution in [3.63, 3.8) is 0 Å². The number of hydrogen-bond acceptors (Lipinski definition) is 5. The second kappa shape index (κ2) is 11.8. The summed E-state index contributed by atoms with van der Waals surface area (Å²) in [7, 11) is -7.44. The Bertz CT molecular complexity index is 1460. The first-order chi connectivity index (χ1) is 18.1. The molecule has 1 aliphatic heterocycles. The molecule has 1 aliphatic rings. The number of nitrogens with one attached hydrogen (secondary N) is 1. The van der Waals surface area contributed by atoms with Gasteiger partial charge in [0.15, 0.2) is 0 Å². The lowest BCUT2D eigenvalue weighted by Gasteiger charge is -2.22. The molecule has 0 saturated carbocycles. The van der Waals surface area contributed by atoms with Crippen molar-refractivity contribution >= 4 is 26.0 Å². The molecule has 3 aromatic rings. The average molecular weight is 556 g/mol. The summed E-state index contributed by atoms with van der Waals surface area (Å²) >= 11 is 0. The molecule has 1 N–H and O–H groups in total. The fourth-order valence-corrected chi connectivity index (χ4v) is 7.16. The number of sulfonamides is 2. The van der Waals surface area contributed by atoms with Crippen LogP contribution in [0.1, 0.15) is 35.1 Å². The lowest BCUT2D eigenvalue weighted by molar-refractivity contribution is -0.121. The Hall–Kier alpha value is -3.05. The molecule has 38 heavy (non-hydrogen) atoms. The molecule has 0 atom stereocenters. The van der Waals surface area contributed by atoms with Gasteiger partial charge in [-0.25, -0.2) is 16.8 Å². The largest absolute Gasteiger partial charge is 0.351 e. The zero-order valence-corrected chi connectivity index (χ0v) is 23.3. The van der Waals surface area contributed by atoms with Crippen molar-refractivity contribution in [3.8, 4) is 0 Å². The predicted molar refractivity (Wildman–Crippen MR) is 146 cm³/mol. The predicted octanol–water partition coefficient (Wildman–Crippen LogP) is 3.60. The molecule has 8 nitrogen and oxygen atoms in total. The molecule has 0 spiro atoms.